The fourth-order valence-electron chi connectivity index (χ4n) is 2.76. The maximum atomic E-state index is 4.45. The van der Waals surface area contributed by atoms with E-state index in [9.17, 15) is 0 Å². The van der Waals surface area contributed by atoms with Crippen LogP contribution in [-0.4, -0.2) is 38.9 Å². The van der Waals surface area contributed by atoms with Crippen molar-refractivity contribution in [2.24, 2.45) is 0 Å². The van der Waals surface area contributed by atoms with Gasteiger partial charge in [-0.3, -0.25) is 0 Å². The summed E-state index contributed by atoms with van der Waals surface area (Å²) in [6.07, 6.45) is 6.54. The molecule has 0 fully saturated rings. The molecule has 1 atom stereocenters. The molecule has 3 aromatic rings. The van der Waals surface area contributed by atoms with E-state index in [4.69, 9.17) is 0 Å². The topological polar surface area (TPSA) is 55.6 Å². The molecule has 5 nitrogen and oxygen atoms in total. The lowest BCUT2D eigenvalue weighted by Gasteiger charge is -2.13. The highest BCUT2D eigenvalue weighted by Gasteiger charge is 2.09. The second-order valence-electron chi connectivity index (χ2n) is 5.86. The van der Waals surface area contributed by atoms with Crippen molar-refractivity contribution >= 4 is 22.9 Å². The number of aromatic nitrogens is 4. The van der Waals surface area contributed by atoms with Crippen LogP contribution >= 0.6 is 11.8 Å². The van der Waals surface area contributed by atoms with Crippen molar-refractivity contribution in [1.29, 1.82) is 0 Å². The zero-order valence-electron chi connectivity index (χ0n) is 14.1. The molecule has 6 heteroatoms. The van der Waals surface area contributed by atoms with Gasteiger partial charge in [-0.1, -0.05) is 37.3 Å². The fraction of sp³-hybridized carbons (Fsp3) is 0.389. The molecule has 1 aromatic carbocycles. The van der Waals surface area contributed by atoms with Gasteiger partial charge in [0, 0.05) is 13.1 Å². The van der Waals surface area contributed by atoms with E-state index in [1.54, 1.807) is 18.1 Å². The van der Waals surface area contributed by atoms with Gasteiger partial charge in [0.2, 0.25) is 0 Å². The molecule has 0 saturated heterocycles. The highest BCUT2D eigenvalue weighted by Crippen LogP contribution is 2.20. The molecular weight excluding hydrogens is 318 g/mol. The highest BCUT2D eigenvalue weighted by molar-refractivity contribution is 7.98. The summed E-state index contributed by atoms with van der Waals surface area (Å²) in [5.41, 5.74) is 3.20. The minimum atomic E-state index is 0.525. The Hall–Kier alpha value is -1.92. The molecule has 0 aliphatic carbocycles. The Morgan fingerprint density at radius 2 is 2.00 bits per heavy atom. The van der Waals surface area contributed by atoms with Gasteiger partial charge in [0.1, 0.15) is 16.9 Å². The molecule has 2 aromatic heterocycles. The van der Waals surface area contributed by atoms with Crippen molar-refractivity contribution in [3.63, 3.8) is 0 Å². The van der Waals surface area contributed by atoms with E-state index >= 15 is 0 Å². The first-order chi connectivity index (χ1) is 11.8. The van der Waals surface area contributed by atoms with E-state index in [-0.39, 0.29) is 0 Å². The van der Waals surface area contributed by atoms with E-state index < -0.39 is 0 Å². The van der Waals surface area contributed by atoms with Gasteiger partial charge >= 0.3 is 0 Å². The average Bonchev–Trinajstić information content (AvgIpc) is 3.05. The lowest BCUT2D eigenvalue weighted by atomic mass is 10.0. The number of hydrogen-bond donors (Lipinski definition) is 1. The standard InChI is InChI=1S/C18H23N5S/c1-14(15-7-4-3-5-8-15)11-19-9-6-10-23-13-22-16-17(23)20-12-21-18(16)24-2/h3-5,7-8,12-14,19H,6,9-11H2,1-2H3. The molecule has 126 valence electrons. The predicted molar refractivity (Wildman–Crippen MR) is 99.4 cm³/mol. The summed E-state index contributed by atoms with van der Waals surface area (Å²) in [5.74, 6) is 0.525. The van der Waals surface area contributed by atoms with Crippen LogP contribution in [0.3, 0.4) is 0 Å². The van der Waals surface area contributed by atoms with Crippen LogP contribution in [0.5, 0.6) is 0 Å². The number of nitrogens with one attached hydrogen (secondary N) is 1. The van der Waals surface area contributed by atoms with Crippen LogP contribution in [0.15, 0.2) is 48.0 Å². The smallest absolute Gasteiger partial charge is 0.164 e. The summed E-state index contributed by atoms with van der Waals surface area (Å²) in [4.78, 5) is 13.1. The average molecular weight is 341 g/mol. The monoisotopic (exact) mass is 341 g/mol. The summed E-state index contributed by atoms with van der Waals surface area (Å²) >= 11 is 1.61. The van der Waals surface area contributed by atoms with E-state index in [0.717, 1.165) is 42.2 Å². The lowest BCUT2D eigenvalue weighted by molar-refractivity contribution is 0.560. The Morgan fingerprint density at radius 3 is 2.79 bits per heavy atom. The maximum Gasteiger partial charge on any atom is 0.164 e. The number of benzene rings is 1. The van der Waals surface area contributed by atoms with Gasteiger partial charge in [0.15, 0.2) is 5.65 Å². The number of imidazole rings is 1. The second-order valence-corrected chi connectivity index (χ2v) is 6.66. The van der Waals surface area contributed by atoms with Gasteiger partial charge in [0.05, 0.1) is 6.33 Å². The van der Waals surface area contributed by atoms with Crippen LogP contribution in [0.4, 0.5) is 0 Å². The van der Waals surface area contributed by atoms with Crippen molar-refractivity contribution < 1.29 is 0 Å². The molecule has 24 heavy (non-hydrogen) atoms. The van der Waals surface area contributed by atoms with E-state index in [1.807, 2.05) is 12.6 Å². The van der Waals surface area contributed by atoms with Crippen LogP contribution in [0, 0.1) is 0 Å². The third-order valence-electron chi connectivity index (χ3n) is 4.13. The van der Waals surface area contributed by atoms with E-state index in [0.29, 0.717) is 5.92 Å². The summed E-state index contributed by atoms with van der Waals surface area (Å²) < 4.78 is 2.11. The molecule has 0 radical (unpaired) electrons. The third kappa shape index (κ3) is 3.94. The number of thioether (sulfide) groups is 1. The number of fused-ring (bicyclic) bond motifs is 1. The molecule has 0 aliphatic heterocycles. The van der Waals surface area contributed by atoms with Gasteiger partial charge in [-0.05, 0) is 30.7 Å². The van der Waals surface area contributed by atoms with Gasteiger partial charge < -0.3 is 9.88 Å². The van der Waals surface area contributed by atoms with Gasteiger partial charge in [-0.15, -0.1) is 11.8 Å². The van der Waals surface area contributed by atoms with E-state index in [2.05, 4.69) is 62.1 Å². The van der Waals surface area contributed by atoms with Crippen molar-refractivity contribution in [3.05, 3.63) is 48.5 Å². The minimum Gasteiger partial charge on any atom is -0.316 e. The zero-order valence-corrected chi connectivity index (χ0v) is 15.0. The van der Waals surface area contributed by atoms with Crippen molar-refractivity contribution in [2.45, 2.75) is 30.8 Å². The maximum absolute atomic E-state index is 4.45. The molecule has 1 unspecified atom stereocenters. The second kappa shape index (κ2) is 8.26. The molecule has 0 aliphatic rings. The predicted octanol–water partition coefficient (Wildman–Crippen LogP) is 3.33. The van der Waals surface area contributed by atoms with Crippen molar-refractivity contribution in [1.82, 2.24) is 24.8 Å². The number of nitrogens with zero attached hydrogens (tertiary/aromatic N) is 4. The molecule has 1 N–H and O–H groups in total. The number of aryl methyl sites for hydroxylation is 1. The normalized spacial score (nSPS) is 12.6. The van der Waals surface area contributed by atoms with Gasteiger partial charge in [0.25, 0.3) is 0 Å². The van der Waals surface area contributed by atoms with Crippen LogP contribution in [0.2, 0.25) is 0 Å². The Bertz CT molecular complexity index is 771. The van der Waals surface area contributed by atoms with Gasteiger partial charge in [-0.25, -0.2) is 15.0 Å². The summed E-state index contributed by atoms with van der Waals surface area (Å²) in [6, 6.07) is 10.6. The number of hydrogen-bond acceptors (Lipinski definition) is 5. The summed E-state index contributed by atoms with van der Waals surface area (Å²) in [5, 5.41) is 4.48. The lowest BCUT2D eigenvalue weighted by Crippen LogP contribution is -2.22. The van der Waals surface area contributed by atoms with E-state index in [1.165, 1.54) is 5.56 Å². The molecule has 0 bridgehead atoms. The first-order valence-corrected chi connectivity index (χ1v) is 9.47. The first-order valence-electron chi connectivity index (χ1n) is 8.25. The Morgan fingerprint density at radius 1 is 1.17 bits per heavy atom. The Labute approximate surface area is 146 Å². The zero-order chi connectivity index (χ0) is 16.8. The molecule has 0 saturated carbocycles. The van der Waals surface area contributed by atoms with Crippen LogP contribution in [0.25, 0.3) is 11.2 Å². The first kappa shape index (κ1) is 16.9. The largest absolute Gasteiger partial charge is 0.316 e. The van der Waals surface area contributed by atoms with Crippen LogP contribution in [-0.2, 0) is 6.54 Å². The summed E-state index contributed by atoms with van der Waals surface area (Å²) in [6.45, 7) is 5.14. The van der Waals surface area contributed by atoms with Gasteiger partial charge in [-0.2, -0.15) is 0 Å². The van der Waals surface area contributed by atoms with Crippen LogP contribution in [0.1, 0.15) is 24.8 Å². The highest BCUT2D eigenvalue weighted by atomic mass is 32.2. The minimum absolute atomic E-state index is 0.525. The Kier molecular flexibility index (Phi) is 5.82. The fourth-order valence-corrected chi connectivity index (χ4v) is 3.25. The molecule has 0 spiro atoms. The Balaban J connectivity index is 1.47. The molecule has 0 amide bonds. The third-order valence-corrected chi connectivity index (χ3v) is 4.82. The van der Waals surface area contributed by atoms with Crippen molar-refractivity contribution in [3.8, 4) is 0 Å². The SMILES string of the molecule is CSc1ncnc2c1ncn2CCCNCC(C)c1ccccc1. The number of rotatable bonds is 8. The molecule has 2 heterocycles. The quantitative estimate of drug-likeness (QED) is 0.387. The molecule has 3 rings (SSSR count). The van der Waals surface area contributed by atoms with Crippen LogP contribution < -0.4 is 5.32 Å². The summed E-state index contributed by atoms with van der Waals surface area (Å²) in [7, 11) is 0. The van der Waals surface area contributed by atoms with Crippen molar-refractivity contribution in [2.75, 3.05) is 19.3 Å². The molecular formula is C18H23N5S.